The van der Waals surface area contributed by atoms with Gasteiger partial charge < -0.3 is 10.5 Å². The standard InChI is InChI=1S/C14H13ClN4O/c1-7-4-10(6-16)5-8(2)12(7)20-13-11(17)9(3)18-14(15)19-13/h4-5H,17H2,1-3H3. The highest BCUT2D eigenvalue weighted by molar-refractivity contribution is 6.28. The molecule has 0 fully saturated rings. The number of rotatable bonds is 2. The smallest absolute Gasteiger partial charge is 0.247 e. The molecule has 0 aliphatic heterocycles. The number of aromatic nitrogens is 2. The summed E-state index contributed by atoms with van der Waals surface area (Å²) >= 11 is 5.81. The summed E-state index contributed by atoms with van der Waals surface area (Å²) in [5.74, 6) is 0.836. The fourth-order valence-corrected chi connectivity index (χ4v) is 2.08. The van der Waals surface area contributed by atoms with Gasteiger partial charge in [-0.25, -0.2) is 4.98 Å². The summed E-state index contributed by atoms with van der Waals surface area (Å²) < 4.78 is 5.76. The Balaban J connectivity index is 2.49. The first-order chi connectivity index (χ1) is 9.42. The molecule has 0 aliphatic carbocycles. The van der Waals surface area contributed by atoms with E-state index >= 15 is 0 Å². The summed E-state index contributed by atoms with van der Waals surface area (Å²) in [6.07, 6.45) is 0. The minimum atomic E-state index is 0.0793. The molecule has 20 heavy (non-hydrogen) atoms. The Hall–Kier alpha value is -2.32. The molecular formula is C14H13ClN4O. The lowest BCUT2D eigenvalue weighted by atomic mass is 10.1. The third-order valence-electron chi connectivity index (χ3n) is 2.86. The number of ether oxygens (including phenoxy) is 1. The van der Waals surface area contributed by atoms with Crippen molar-refractivity contribution in [1.29, 1.82) is 5.26 Å². The van der Waals surface area contributed by atoms with Crippen molar-refractivity contribution in [1.82, 2.24) is 9.97 Å². The molecule has 0 saturated heterocycles. The SMILES string of the molecule is Cc1cc(C#N)cc(C)c1Oc1nc(Cl)nc(C)c1N. The van der Waals surface area contributed by atoms with E-state index in [9.17, 15) is 0 Å². The van der Waals surface area contributed by atoms with Crippen LogP contribution in [0.3, 0.4) is 0 Å². The van der Waals surface area contributed by atoms with E-state index in [1.54, 1.807) is 19.1 Å². The minimum absolute atomic E-state index is 0.0793. The van der Waals surface area contributed by atoms with Crippen LogP contribution in [0.4, 0.5) is 5.69 Å². The topological polar surface area (TPSA) is 84.8 Å². The highest BCUT2D eigenvalue weighted by atomic mass is 35.5. The molecule has 1 aromatic heterocycles. The van der Waals surface area contributed by atoms with Gasteiger partial charge in [0.15, 0.2) is 0 Å². The Morgan fingerprint density at radius 1 is 1.20 bits per heavy atom. The van der Waals surface area contributed by atoms with E-state index in [1.807, 2.05) is 13.8 Å². The molecule has 0 spiro atoms. The Bertz CT molecular complexity index is 699. The van der Waals surface area contributed by atoms with Crippen LogP contribution in [0.1, 0.15) is 22.4 Å². The van der Waals surface area contributed by atoms with E-state index in [0.29, 0.717) is 22.7 Å². The van der Waals surface area contributed by atoms with Crippen LogP contribution in [0.15, 0.2) is 12.1 Å². The second-order valence-electron chi connectivity index (χ2n) is 4.45. The summed E-state index contributed by atoms with van der Waals surface area (Å²) in [5.41, 5.74) is 9.03. The van der Waals surface area contributed by atoms with Crippen molar-refractivity contribution in [2.45, 2.75) is 20.8 Å². The van der Waals surface area contributed by atoms with Gasteiger partial charge >= 0.3 is 0 Å². The summed E-state index contributed by atoms with van der Waals surface area (Å²) in [6.45, 7) is 5.44. The van der Waals surface area contributed by atoms with E-state index in [0.717, 1.165) is 11.1 Å². The number of nitriles is 1. The largest absolute Gasteiger partial charge is 0.436 e. The molecule has 0 unspecified atom stereocenters. The number of hydrogen-bond donors (Lipinski definition) is 1. The summed E-state index contributed by atoms with van der Waals surface area (Å²) in [7, 11) is 0. The summed E-state index contributed by atoms with van der Waals surface area (Å²) in [6, 6.07) is 5.59. The van der Waals surface area contributed by atoms with Gasteiger partial charge in [-0.3, -0.25) is 0 Å². The van der Waals surface area contributed by atoms with Crippen molar-refractivity contribution in [2.24, 2.45) is 0 Å². The summed E-state index contributed by atoms with van der Waals surface area (Å²) in [4.78, 5) is 7.95. The van der Waals surface area contributed by atoms with Crippen LogP contribution in [0.2, 0.25) is 5.28 Å². The molecule has 1 aromatic carbocycles. The average molecular weight is 289 g/mol. The lowest BCUT2D eigenvalue weighted by molar-refractivity contribution is 0.457. The minimum Gasteiger partial charge on any atom is -0.436 e. The molecule has 6 heteroatoms. The van der Waals surface area contributed by atoms with Gasteiger partial charge in [0.1, 0.15) is 11.4 Å². The van der Waals surface area contributed by atoms with Crippen LogP contribution in [-0.4, -0.2) is 9.97 Å². The van der Waals surface area contributed by atoms with Crippen molar-refractivity contribution >= 4 is 17.3 Å². The highest BCUT2D eigenvalue weighted by Crippen LogP contribution is 2.33. The lowest BCUT2D eigenvalue weighted by Crippen LogP contribution is -2.02. The second-order valence-corrected chi connectivity index (χ2v) is 4.79. The van der Waals surface area contributed by atoms with Crippen LogP contribution in [0.25, 0.3) is 0 Å². The van der Waals surface area contributed by atoms with Gasteiger partial charge in [0.2, 0.25) is 11.2 Å². The van der Waals surface area contributed by atoms with Crippen molar-refractivity contribution in [3.8, 4) is 17.7 Å². The molecule has 2 aromatic rings. The Morgan fingerprint density at radius 3 is 2.35 bits per heavy atom. The van der Waals surface area contributed by atoms with Crippen LogP contribution in [0.5, 0.6) is 11.6 Å². The molecule has 0 atom stereocenters. The van der Waals surface area contributed by atoms with Crippen molar-refractivity contribution in [3.63, 3.8) is 0 Å². The van der Waals surface area contributed by atoms with Crippen molar-refractivity contribution < 1.29 is 4.74 Å². The monoisotopic (exact) mass is 288 g/mol. The Morgan fingerprint density at radius 2 is 1.80 bits per heavy atom. The summed E-state index contributed by atoms with van der Waals surface area (Å²) in [5, 5.41) is 9.01. The predicted octanol–water partition coefficient (Wildman–Crippen LogP) is 3.30. The third kappa shape index (κ3) is 2.65. The van der Waals surface area contributed by atoms with E-state index in [2.05, 4.69) is 16.0 Å². The molecule has 0 bridgehead atoms. The molecule has 1 heterocycles. The number of benzene rings is 1. The quantitative estimate of drug-likeness (QED) is 0.857. The second kappa shape index (κ2) is 5.35. The van der Waals surface area contributed by atoms with Crippen molar-refractivity contribution in [2.75, 3.05) is 5.73 Å². The van der Waals surface area contributed by atoms with Gasteiger partial charge in [-0.15, -0.1) is 0 Å². The zero-order valence-corrected chi connectivity index (χ0v) is 12.1. The van der Waals surface area contributed by atoms with E-state index in [4.69, 9.17) is 27.3 Å². The molecule has 5 nitrogen and oxygen atoms in total. The van der Waals surface area contributed by atoms with Gasteiger partial charge in [0.25, 0.3) is 0 Å². The van der Waals surface area contributed by atoms with E-state index in [-0.39, 0.29) is 11.2 Å². The third-order valence-corrected chi connectivity index (χ3v) is 3.03. The zero-order valence-electron chi connectivity index (χ0n) is 11.4. The van der Waals surface area contributed by atoms with Crippen LogP contribution in [-0.2, 0) is 0 Å². The zero-order chi connectivity index (χ0) is 14.9. The number of halogens is 1. The van der Waals surface area contributed by atoms with Crippen LogP contribution in [0, 0.1) is 32.1 Å². The van der Waals surface area contributed by atoms with Gasteiger partial charge in [-0.1, -0.05) is 0 Å². The molecular weight excluding hydrogens is 276 g/mol. The number of nitrogen functional groups attached to an aromatic ring is 1. The van der Waals surface area contributed by atoms with Gasteiger partial charge in [0, 0.05) is 0 Å². The van der Waals surface area contributed by atoms with Crippen LogP contribution >= 0.6 is 11.6 Å². The molecule has 2 rings (SSSR count). The number of nitrogens with two attached hydrogens (primary N) is 1. The number of nitrogens with zero attached hydrogens (tertiary/aromatic N) is 3. The normalized spacial score (nSPS) is 10.2. The molecule has 0 radical (unpaired) electrons. The van der Waals surface area contributed by atoms with E-state index in [1.165, 1.54) is 0 Å². The first kappa shape index (κ1) is 14.1. The maximum atomic E-state index is 8.94. The Kier molecular flexibility index (Phi) is 3.77. The predicted molar refractivity (Wildman–Crippen MR) is 76.9 cm³/mol. The first-order valence-electron chi connectivity index (χ1n) is 5.91. The van der Waals surface area contributed by atoms with E-state index < -0.39 is 0 Å². The fraction of sp³-hybridized carbons (Fsp3) is 0.214. The van der Waals surface area contributed by atoms with Gasteiger partial charge in [-0.2, -0.15) is 10.2 Å². The molecule has 0 aliphatic rings. The first-order valence-corrected chi connectivity index (χ1v) is 6.29. The maximum absolute atomic E-state index is 8.94. The molecule has 0 saturated carbocycles. The lowest BCUT2D eigenvalue weighted by Gasteiger charge is -2.13. The average Bonchev–Trinajstić information content (AvgIpc) is 2.38. The fourth-order valence-electron chi connectivity index (χ4n) is 1.87. The maximum Gasteiger partial charge on any atom is 0.247 e. The van der Waals surface area contributed by atoms with Gasteiger partial charge in [-0.05, 0) is 55.6 Å². The highest BCUT2D eigenvalue weighted by Gasteiger charge is 2.13. The van der Waals surface area contributed by atoms with Gasteiger partial charge in [0.05, 0.1) is 17.3 Å². The van der Waals surface area contributed by atoms with Crippen LogP contribution < -0.4 is 10.5 Å². The molecule has 102 valence electrons. The molecule has 0 amide bonds. The number of anilines is 1. The Labute approximate surface area is 122 Å². The molecule has 2 N–H and O–H groups in total. The van der Waals surface area contributed by atoms with Crippen molar-refractivity contribution in [3.05, 3.63) is 39.8 Å². The number of aryl methyl sites for hydroxylation is 3. The number of hydrogen-bond acceptors (Lipinski definition) is 5.